The number of ether oxygens (including phenoxy) is 2. The van der Waals surface area contributed by atoms with Gasteiger partial charge in [-0.2, -0.15) is 0 Å². The van der Waals surface area contributed by atoms with Gasteiger partial charge in [0, 0.05) is 12.3 Å². The summed E-state index contributed by atoms with van der Waals surface area (Å²) in [4.78, 5) is 25.6. The molecule has 0 saturated carbocycles. The number of hydrogen-bond acceptors (Lipinski definition) is 5. The van der Waals surface area contributed by atoms with Crippen molar-refractivity contribution < 1.29 is 19.1 Å². The maximum Gasteiger partial charge on any atom is 0.332 e. The average molecular weight is 199 g/mol. The van der Waals surface area contributed by atoms with Crippen molar-refractivity contribution in [3.05, 3.63) is 11.8 Å². The first-order chi connectivity index (χ1) is 6.63. The van der Waals surface area contributed by atoms with Crippen LogP contribution in [0.3, 0.4) is 0 Å². The van der Waals surface area contributed by atoms with Gasteiger partial charge in [-0.1, -0.05) is 0 Å². The molecule has 0 aromatic heterocycles. The molecule has 5 nitrogen and oxygen atoms in total. The van der Waals surface area contributed by atoms with Gasteiger partial charge in [0.05, 0.1) is 26.3 Å². The van der Waals surface area contributed by atoms with Crippen molar-refractivity contribution in [3.8, 4) is 0 Å². The lowest BCUT2D eigenvalue weighted by molar-refractivity contribution is -0.139. The molecule has 5 heteroatoms. The Morgan fingerprint density at radius 1 is 1.29 bits per heavy atom. The van der Waals surface area contributed by atoms with Crippen LogP contribution < -0.4 is 0 Å². The van der Waals surface area contributed by atoms with Crippen LogP contribution >= 0.6 is 0 Å². The number of rotatable bonds is 4. The highest BCUT2D eigenvalue weighted by Gasteiger charge is 2.06. The standard InChI is InChI=1S/C9H13NO4/c1-4-10-7(5-8(11)13-2)6-9(12)14-3/h4-5H,6H2,1-3H3. The van der Waals surface area contributed by atoms with Crippen molar-refractivity contribution in [2.24, 2.45) is 4.99 Å². The molecule has 0 spiro atoms. The quantitative estimate of drug-likeness (QED) is 0.379. The molecule has 0 aliphatic heterocycles. The van der Waals surface area contributed by atoms with Crippen molar-refractivity contribution in [3.63, 3.8) is 0 Å². The molecule has 0 radical (unpaired) electrons. The van der Waals surface area contributed by atoms with Gasteiger partial charge < -0.3 is 9.47 Å². The lowest BCUT2D eigenvalue weighted by Gasteiger charge is -1.99. The first-order valence-electron chi connectivity index (χ1n) is 3.98. The van der Waals surface area contributed by atoms with Crippen molar-refractivity contribution in [1.82, 2.24) is 0 Å². The second-order valence-electron chi connectivity index (χ2n) is 2.30. The van der Waals surface area contributed by atoms with Gasteiger partial charge in [0.1, 0.15) is 0 Å². The van der Waals surface area contributed by atoms with E-state index in [2.05, 4.69) is 14.5 Å². The third-order valence-electron chi connectivity index (χ3n) is 1.33. The first kappa shape index (κ1) is 12.3. The molecule has 0 atom stereocenters. The fraction of sp³-hybridized carbons (Fsp3) is 0.444. The third-order valence-corrected chi connectivity index (χ3v) is 1.33. The van der Waals surface area contributed by atoms with Gasteiger partial charge >= 0.3 is 11.9 Å². The van der Waals surface area contributed by atoms with E-state index in [1.807, 2.05) is 0 Å². The smallest absolute Gasteiger partial charge is 0.332 e. The minimum atomic E-state index is -0.547. The maximum absolute atomic E-state index is 10.9. The maximum atomic E-state index is 10.9. The summed E-state index contributed by atoms with van der Waals surface area (Å²) in [5, 5.41) is 0. The molecule has 0 unspecified atom stereocenters. The zero-order valence-electron chi connectivity index (χ0n) is 8.44. The summed E-state index contributed by atoms with van der Waals surface area (Å²) < 4.78 is 8.84. The van der Waals surface area contributed by atoms with Crippen LogP contribution in [0.4, 0.5) is 0 Å². The van der Waals surface area contributed by atoms with Crippen LogP contribution in [-0.4, -0.2) is 32.4 Å². The second kappa shape index (κ2) is 6.82. The van der Waals surface area contributed by atoms with E-state index in [4.69, 9.17) is 0 Å². The minimum Gasteiger partial charge on any atom is -0.469 e. The number of carbonyl (C=O) groups excluding carboxylic acids is 2. The van der Waals surface area contributed by atoms with Gasteiger partial charge in [-0.05, 0) is 6.92 Å². The summed E-state index contributed by atoms with van der Waals surface area (Å²) in [6, 6.07) is 0. The van der Waals surface area contributed by atoms with E-state index in [9.17, 15) is 9.59 Å². The zero-order valence-corrected chi connectivity index (χ0v) is 8.44. The van der Waals surface area contributed by atoms with Crippen LogP contribution in [0.25, 0.3) is 0 Å². The van der Waals surface area contributed by atoms with E-state index in [1.165, 1.54) is 20.4 Å². The molecule has 14 heavy (non-hydrogen) atoms. The first-order valence-corrected chi connectivity index (χ1v) is 3.98. The number of esters is 2. The Bertz CT molecular complexity index is 268. The number of carbonyl (C=O) groups is 2. The molecule has 0 bridgehead atoms. The molecule has 0 amide bonds. The van der Waals surface area contributed by atoms with Crippen LogP contribution in [0.5, 0.6) is 0 Å². The highest BCUT2D eigenvalue weighted by Crippen LogP contribution is 2.04. The molecule has 0 N–H and O–H groups in total. The van der Waals surface area contributed by atoms with Gasteiger partial charge in [0.25, 0.3) is 0 Å². The van der Waals surface area contributed by atoms with Gasteiger partial charge in [0.15, 0.2) is 0 Å². The van der Waals surface area contributed by atoms with Crippen LogP contribution in [-0.2, 0) is 19.1 Å². The molecule has 0 fully saturated rings. The predicted octanol–water partition coefficient (Wildman–Crippen LogP) is 0.697. The lowest BCUT2D eigenvalue weighted by Crippen LogP contribution is -2.03. The van der Waals surface area contributed by atoms with Crippen LogP contribution in [0.15, 0.2) is 16.8 Å². The highest BCUT2D eigenvalue weighted by atomic mass is 16.5. The Hall–Kier alpha value is -1.65. The van der Waals surface area contributed by atoms with E-state index < -0.39 is 11.9 Å². The summed E-state index contributed by atoms with van der Waals surface area (Å²) in [5.41, 5.74) is 0.311. The Morgan fingerprint density at radius 3 is 2.36 bits per heavy atom. The largest absolute Gasteiger partial charge is 0.469 e. The van der Waals surface area contributed by atoms with Crippen LogP contribution in [0.2, 0.25) is 0 Å². The van der Waals surface area contributed by atoms with Crippen molar-refractivity contribution >= 4 is 18.2 Å². The van der Waals surface area contributed by atoms with Gasteiger partial charge in [-0.15, -0.1) is 0 Å². The number of hydrogen-bond donors (Lipinski definition) is 0. The summed E-state index contributed by atoms with van der Waals surface area (Å²) >= 11 is 0. The fourth-order valence-corrected chi connectivity index (χ4v) is 0.715. The van der Waals surface area contributed by atoms with E-state index in [0.29, 0.717) is 5.70 Å². The molecular weight excluding hydrogens is 186 g/mol. The molecular formula is C9H13NO4. The second-order valence-corrected chi connectivity index (χ2v) is 2.30. The molecule has 0 aromatic carbocycles. The predicted molar refractivity (Wildman–Crippen MR) is 50.9 cm³/mol. The Morgan fingerprint density at radius 2 is 1.93 bits per heavy atom. The molecule has 0 heterocycles. The van der Waals surface area contributed by atoms with Crippen molar-refractivity contribution in [2.45, 2.75) is 13.3 Å². The Kier molecular flexibility index (Phi) is 6.02. The lowest BCUT2D eigenvalue weighted by atomic mass is 10.3. The minimum absolute atomic E-state index is 0.0457. The molecule has 0 aliphatic rings. The highest BCUT2D eigenvalue weighted by molar-refractivity contribution is 5.84. The summed E-state index contributed by atoms with van der Waals surface area (Å²) in [5.74, 6) is -1.000. The fourth-order valence-electron chi connectivity index (χ4n) is 0.715. The number of methoxy groups -OCH3 is 2. The van der Waals surface area contributed by atoms with E-state index in [0.717, 1.165) is 6.08 Å². The van der Waals surface area contributed by atoms with E-state index >= 15 is 0 Å². The SMILES string of the molecule is CC=NC(=CC(=O)OC)CC(=O)OC. The average Bonchev–Trinajstić information content (AvgIpc) is 2.17. The van der Waals surface area contributed by atoms with Crippen LogP contribution in [0, 0.1) is 0 Å². The van der Waals surface area contributed by atoms with Gasteiger partial charge in [-0.3, -0.25) is 9.79 Å². The topological polar surface area (TPSA) is 65.0 Å². The molecule has 78 valence electrons. The van der Waals surface area contributed by atoms with Gasteiger partial charge in [0.2, 0.25) is 0 Å². The number of aliphatic imine (C=N–C) groups is 1. The molecule has 0 saturated heterocycles. The number of nitrogens with zero attached hydrogens (tertiary/aromatic N) is 1. The summed E-state index contributed by atoms with van der Waals surface area (Å²) in [6.45, 7) is 1.68. The normalized spacial score (nSPS) is 11.5. The Labute approximate surface area is 82.4 Å². The summed E-state index contributed by atoms with van der Waals surface area (Å²) in [7, 11) is 2.53. The zero-order chi connectivity index (χ0) is 11.0. The van der Waals surface area contributed by atoms with Crippen molar-refractivity contribution in [2.75, 3.05) is 14.2 Å². The third kappa shape index (κ3) is 5.08. The molecule has 0 aromatic rings. The molecule has 0 rings (SSSR count). The molecule has 0 aliphatic carbocycles. The Balaban J connectivity index is 4.51. The van der Waals surface area contributed by atoms with Crippen molar-refractivity contribution in [1.29, 1.82) is 0 Å². The van der Waals surface area contributed by atoms with Gasteiger partial charge in [-0.25, -0.2) is 4.79 Å². The van der Waals surface area contributed by atoms with E-state index in [1.54, 1.807) is 6.92 Å². The van der Waals surface area contributed by atoms with E-state index in [-0.39, 0.29) is 6.42 Å². The summed E-state index contributed by atoms with van der Waals surface area (Å²) in [6.07, 6.45) is 2.59. The van der Waals surface area contributed by atoms with Crippen LogP contribution in [0.1, 0.15) is 13.3 Å². The monoisotopic (exact) mass is 199 g/mol.